The smallest absolute Gasteiger partial charge is 0.205 e. The summed E-state index contributed by atoms with van der Waals surface area (Å²) in [6.07, 6.45) is -2.37. The first kappa shape index (κ1) is 9.59. The monoisotopic (exact) mass is 212 g/mol. The number of thiophene rings is 1. The fraction of sp³-hybridized carbons (Fsp3) is 0.273. The van der Waals surface area contributed by atoms with Crippen molar-refractivity contribution in [2.24, 2.45) is 0 Å². The lowest BCUT2D eigenvalue weighted by Crippen LogP contribution is -1.86. The fourth-order valence-corrected chi connectivity index (χ4v) is 2.60. The maximum atomic E-state index is 12.6. The molecule has 74 valence electrons. The van der Waals surface area contributed by atoms with Crippen molar-refractivity contribution in [3.05, 3.63) is 34.2 Å². The molecule has 0 bridgehead atoms. The van der Waals surface area contributed by atoms with Crippen LogP contribution in [0.2, 0.25) is 0 Å². The topological polar surface area (TPSA) is 0 Å². The van der Waals surface area contributed by atoms with Gasteiger partial charge in [0, 0.05) is 21.0 Å². The third-order valence-corrected chi connectivity index (χ3v) is 3.50. The van der Waals surface area contributed by atoms with Gasteiger partial charge in [0.1, 0.15) is 0 Å². The first-order valence-corrected chi connectivity index (χ1v) is 5.24. The lowest BCUT2D eigenvalue weighted by Gasteiger charge is -2.04. The average Bonchev–Trinajstić information content (AvgIpc) is 2.55. The van der Waals surface area contributed by atoms with Gasteiger partial charge in [-0.25, -0.2) is 8.78 Å². The van der Waals surface area contributed by atoms with E-state index in [-0.39, 0.29) is 5.56 Å². The van der Waals surface area contributed by atoms with E-state index in [0.717, 1.165) is 21.2 Å². The molecule has 0 N–H and O–H groups in total. The maximum absolute atomic E-state index is 12.6. The molecule has 0 saturated carbocycles. The zero-order chi connectivity index (χ0) is 10.3. The molecular formula is C11H10F2S. The second-order valence-corrected chi connectivity index (χ2v) is 4.28. The van der Waals surface area contributed by atoms with Crippen molar-refractivity contribution >= 4 is 21.4 Å². The van der Waals surface area contributed by atoms with Crippen molar-refractivity contribution in [1.29, 1.82) is 0 Å². The Morgan fingerprint density at radius 1 is 1.21 bits per heavy atom. The highest BCUT2D eigenvalue weighted by Gasteiger charge is 2.15. The summed E-state index contributed by atoms with van der Waals surface area (Å²) in [5.74, 6) is 0. The van der Waals surface area contributed by atoms with Crippen LogP contribution in [-0.2, 0) is 0 Å². The second kappa shape index (κ2) is 3.31. The highest BCUT2D eigenvalue weighted by molar-refractivity contribution is 7.17. The van der Waals surface area contributed by atoms with E-state index in [2.05, 4.69) is 0 Å². The fourth-order valence-electron chi connectivity index (χ4n) is 1.59. The Balaban J connectivity index is 2.82. The van der Waals surface area contributed by atoms with Crippen LogP contribution in [0.4, 0.5) is 8.78 Å². The second-order valence-electron chi connectivity index (χ2n) is 3.37. The van der Waals surface area contributed by atoms with Crippen molar-refractivity contribution in [2.75, 3.05) is 0 Å². The number of fused-ring (bicyclic) bond motifs is 1. The van der Waals surface area contributed by atoms with Crippen LogP contribution in [-0.4, -0.2) is 0 Å². The molecule has 0 unspecified atom stereocenters. The van der Waals surface area contributed by atoms with E-state index in [1.54, 1.807) is 5.38 Å². The SMILES string of the molecule is Cc1ccc2scc(C(F)F)c2c1C. The predicted octanol–water partition coefficient (Wildman–Crippen LogP) is 4.46. The standard InChI is InChI=1S/C11H10F2S/c1-6-3-4-9-10(7(6)2)8(5-14-9)11(12)13/h3-5,11H,1-2H3. The lowest BCUT2D eigenvalue weighted by molar-refractivity contribution is 0.153. The van der Waals surface area contributed by atoms with Crippen LogP contribution in [0.5, 0.6) is 0 Å². The predicted molar refractivity (Wildman–Crippen MR) is 56.3 cm³/mol. The van der Waals surface area contributed by atoms with Crippen LogP contribution < -0.4 is 0 Å². The van der Waals surface area contributed by atoms with Crippen molar-refractivity contribution in [3.63, 3.8) is 0 Å². The summed E-state index contributed by atoms with van der Waals surface area (Å²) in [4.78, 5) is 0. The number of hydrogen-bond donors (Lipinski definition) is 0. The molecule has 3 heteroatoms. The Bertz CT molecular complexity index is 471. The van der Waals surface area contributed by atoms with Gasteiger partial charge in [-0.05, 0) is 31.0 Å². The Kier molecular flexibility index (Phi) is 2.27. The lowest BCUT2D eigenvalue weighted by atomic mass is 10.0. The van der Waals surface area contributed by atoms with E-state index in [0.29, 0.717) is 0 Å². The van der Waals surface area contributed by atoms with Crippen LogP contribution in [0.25, 0.3) is 10.1 Å². The van der Waals surface area contributed by atoms with Crippen LogP contribution in [0.1, 0.15) is 23.1 Å². The molecule has 2 rings (SSSR count). The number of benzene rings is 1. The molecule has 1 aromatic heterocycles. The number of halogens is 2. The summed E-state index contributed by atoms with van der Waals surface area (Å²) in [5.41, 5.74) is 2.21. The van der Waals surface area contributed by atoms with Gasteiger partial charge in [0.2, 0.25) is 0 Å². The highest BCUT2D eigenvalue weighted by atomic mass is 32.1. The minimum absolute atomic E-state index is 0.172. The summed E-state index contributed by atoms with van der Waals surface area (Å²) in [6, 6.07) is 3.89. The molecule has 0 amide bonds. The Morgan fingerprint density at radius 2 is 1.93 bits per heavy atom. The van der Waals surface area contributed by atoms with Gasteiger partial charge in [-0.15, -0.1) is 11.3 Å². The zero-order valence-corrected chi connectivity index (χ0v) is 8.79. The molecule has 1 heterocycles. The third kappa shape index (κ3) is 1.32. The Hall–Kier alpha value is -0.960. The van der Waals surface area contributed by atoms with Crippen LogP contribution in [0, 0.1) is 13.8 Å². The normalized spacial score (nSPS) is 11.5. The van der Waals surface area contributed by atoms with Gasteiger partial charge in [0.15, 0.2) is 0 Å². The third-order valence-electron chi connectivity index (χ3n) is 2.53. The summed E-state index contributed by atoms with van der Waals surface area (Å²) in [5, 5.41) is 2.30. The summed E-state index contributed by atoms with van der Waals surface area (Å²) < 4.78 is 26.2. The zero-order valence-electron chi connectivity index (χ0n) is 7.97. The molecule has 0 aliphatic rings. The van der Waals surface area contributed by atoms with Gasteiger partial charge in [-0.2, -0.15) is 0 Å². The van der Waals surface area contributed by atoms with Crippen molar-refractivity contribution in [2.45, 2.75) is 20.3 Å². The summed E-state index contributed by atoms with van der Waals surface area (Å²) in [6.45, 7) is 3.85. The number of aryl methyl sites for hydroxylation is 2. The average molecular weight is 212 g/mol. The van der Waals surface area contributed by atoms with Gasteiger partial charge in [0.25, 0.3) is 6.43 Å². The molecule has 0 aliphatic heterocycles. The molecule has 1 aromatic carbocycles. The largest absolute Gasteiger partial charge is 0.265 e. The van der Waals surface area contributed by atoms with Gasteiger partial charge in [0.05, 0.1) is 0 Å². The number of alkyl halides is 2. The summed E-state index contributed by atoms with van der Waals surface area (Å²) in [7, 11) is 0. The minimum atomic E-state index is -2.37. The van der Waals surface area contributed by atoms with Gasteiger partial charge >= 0.3 is 0 Å². The Labute approximate surface area is 85.2 Å². The van der Waals surface area contributed by atoms with E-state index in [1.165, 1.54) is 11.3 Å². The van der Waals surface area contributed by atoms with Crippen LogP contribution >= 0.6 is 11.3 Å². The van der Waals surface area contributed by atoms with Gasteiger partial charge < -0.3 is 0 Å². The van der Waals surface area contributed by atoms with E-state index >= 15 is 0 Å². The van der Waals surface area contributed by atoms with Crippen LogP contribution in [0.3, 0.4) is 0 Å². The van der Waals surface area contributed by atoms with Gasteiger partial charge in [-0.1, -0.05) is 6.07 Å². The van der Waals surface area contributed by atoms with Crippen LogP contribution in [0.15, 0.2) is 17.5 Å². The molecule has 0 aliphatic carbocycles. The van der Waals surface area contributed by atoms with E-state index in [4.69, 9.17) is 0 Å². The van der Waals surface area contributed by atoms with E-state index in [9.17, 15) is 8.78 Å². The molecule has 0 spiro atoms. The van der Waals surface area contributed by atoms with E-state index < -0.39 is 6.43 Å². The van der Waals surface area contributed by atoms with E-state index in [1.807, 2.05) is 26.0 Å². The number of hydrogen-bond acceptors (Lipinski definition) is 1. The maximum Gasteiger partial charge on any atom is 0.265 e. The molecule has 0 saturated heterocycles. The highest BCUT2D eigenvalue weighted by Crippen LogP contribution is 2.35. The first-order valence-electron chi connectivity index (χ1n) is 4.36. The minimum Gasteiger partial charge on any atom is -0.205 e. The first-order chi connectivity index (χ1) is 6.61. The van der Waals surface area contributed by atoms with Crippen molar-refractivity contribution in [3.8, 4) is 0 Å². The van der Waals surface area contributed by atoms with Crippen molar-refractivity contribution < 1.29 is 8.78 Å². The molecule has 2 aromatic rings. The quantitative estimate of drug-likeness (QED) is 0.654. The molecule has 0 fully saturated rings. The molecule has 0 nitrogen and oxygen atoms in total. The van der Waals surface area contributed by atoms with Gasteiger partial charge in [-0.3, -0.25) is 0 Å². The van der Waals surface area contributed by atoms with Crippen molar-refractivity contribution in [1.82, 2.24) is 0 Å². The molecule has 14 heavy (non-hydrogen) atoms. The number of rotatable bonds is 1. The summed E-state index contributed by atoms with van der Waals surface area (Å²) >= 11 is 1.39. The molecule has 0 radical (unpaired) electrons. The molecular weight excluding hydrogens is 202 g/mol. The Morgan fingerprint density at radius 3 is 2.57 bits per heavy atom. The molecule has 0 atom stereocenters.